The van der Waals surface area contributed by atoms with E-state index in [1.54, 1.807) is 0 Å². The first kappa shape index (κ1) is 65.3. The van der Waals surface area contributed by atoms with E-state index >= 15 is 0 Å². The van der Waals surface area contributed by atoms with Crippen LogP contribution in [0.4, 0.5) is 34.1 Å². The van der Waals surface area contributed by atoms with Crippen LogP contribution >= 0.6 is 0 Å². The lowest BCUT2D eigenvalue weighted by molar-refractivity contribution is 0.669. The number of benzene rings is 18. The molecule has 0 fully saturated rings. The summed E-state index contributed by atoms with van der Waals surface area (Å²) in [6.45, 7) is -0.309. The predicted octanol–water partition coefficient (Wildman–Crippen LogP) is 26.4. The SMILES string of the molecule is c1ccc(-c2ccc(-c3ccccc3)c(N3c4cc(-c5ccc6c(c5)-c5ccccc5C6(c5ccccc5)c5ccccc5)ccc4B4c5ccc(-c6ccc7c(c6)-c6ccccc6C7(c6ccccc6)c6ccccc6)cc5N(c5cc(-c6ccccc6)ccc5-c5ccccc5)c5c4c3cc3c5oc4ccccc43)c2)cc1. The molecular weight excluding hydrogens is 1380 g/mol. The van der Waals surface area contributed by atoms with E-state index in [1.807, 2.05) is 0 Å². The summed E-state index contributed by atoms with van der Waals surface area (Å²) in [5.41, 5.74) is 39.0. The number of anilines is 6. The number of fused-ring (bicyclic) bond motifs is 14. The van der Waals surface area contributed by atoms with Gasteiger partial charge in [0.05, 0.1) is 27.9 Å². The average Bonchev–Trinajstić information content (AvgIpc) is 1.34. The van der Waals surface area contributed by atoms with Crippen molar-refractivity contribution in [2.75, 3.05) is 9.80 Å². The second-order valence-electron chi connectivity index (χ2n) is 30.8. The Labute approximate surface area is 664 Å². The Hall–Kier alpha value is -14.6. The highest BCUT2D eigenvalue weighted by Gasteiger charge is 2.50. The number of hydrogen-bond donors (Lipinski definition) is 0. The molecule has 0 saturated heterocycles. The van der Waals surface area contributed by atoms with Gasteiger partial charge in [0.25, 0.3) is 6.71 Å². The van der Waals surface area contributed by atoms with Crippen LogP contribution in [0.3, 0.4) is 0 Å². The molecule has 0 bridgehead atoms. The first-order chi connectivity index (χ1) is 56.6. The number of furan rings is 1. The van der Waals surface area contributed by atoms with Gasteiger partial charge in [0.2, 0.25) is 0 Å². The molecule has 114 heavy (non-hydrogen) atoms. The molecule has 0 N–H and O–H groups in total. The first-order valence-electron chi connectivity index (χ1n) is 39.6. The molecule has 0 radical (unpaired) electrons. The van der Waals surface area contributed by atoms with Gasteiger partial charge in [0, 0.05) is 39.0 Å². The Morgan fingerprint density at radius 1 is 0.211 bits per heavy atom. The van der Waals surface area contributed by atoms with Gasteiger partial charge >= 0.3 is 0 Å². The molecule has 0 atom stereocenters. The maximum atomic E-state index is 7.69. The standard InChI is InChI=1S/C110H71BN2O/c1-9-31-72(32-10-1)78-53-59-86(74-35-13-3-14-36-74)100(67-78)112-102-69-80(76-55-61-96-91(65-76)88-47-25-28-50-94(88)109(96,82-39-17-5-18-40-82)83-41-19-6-20-42-83)57-63-98(102)111-99-64-58-81(77-56-62-97-92(66-77)89-48-26-29-51-95(89)110(97,84-43-21-7-22-44-84)85-45-23-8-24-46-85)70-103(99)113(107-106(111)104(112)71-93-90-49-27-30-52-105(90)114-108(93)107)101-68-79(73-33-11-2-12-34-73)54-60-87(101)75-37-15-4-16-38-75/h1-71H. The summed E-state index contributed by atoms with van der Waals surface area (Å²) < 4.78 is 7.69. The van der Waals surface area contributed by atoms with Crippen molar-refractivity contribution in [1.82, 2.24) is 0 Å². The summed E-state index contributed by atoms with van der Waals surface area (Å²) >= 11 is 0. The van der Waals surface area contributed by atoms with E-state index in [-0.39, 0.29) is 6.71 Å². The first-order valence-corrected chi connectivity index (χ1v) is 39.6. The molecule has 530 valence electrons. The lowest BCUT2D eigenvalue weighted by Gasteiger charge is -2.45. The van der Waals surface area contributed by atoms with Crippen LogP contribution in [0.25, 0.3) is 111 Å². The predicted molar refractivity (Wildman–Crippen MR) is 475 cm³/mol. The van der Waals surface area contributed by atoms with Crippen LogP contribution in [0.15, 0.2) is 435 Å². The molecule has 1 aromatic heterocycles. The van der Waals surface area contributed by atoms with E-state index in [9.17, 15) is 0 Å². The quantitative estimate of drug-likeness (QED) is 0.114. The van der Waals surface area contributed by atoms with Gasteiger partial charge in [0.15, 0.2) is 5.58 Å². The molecule has 18 aromatic carbocycles. The summed E-state index contributed by atoms with van der Waals surface area (Å²) in [6.07, 6.45) is 0. The van der Waals surface area contributed by atoms with E-state index in [4.69, 9.17) is 4.42 Å². The van der Waals surface area contributed by atoms with Gasteiger partial charge in [-0.15, -0.1) is 0 Å². The van der Waals surface area contributed by atoms with Gasteiger partial charge in [0.1, 0.15) is 5.58 Å². The number of nitrogens with zero attached hydrogens (tertiary/aromatic N) is 2. The van der Waals surface area contributed by atoms with E-state index in [0.29, 0.717) is 0 Å². The van der Waals surface area contributed by atoms with Gasteiger partial charge in [-0.1, -0.05) is 382 Å². The van der Waals surface area contributed by atoms with Crippen LogP contribution in [-0.4, -0.2) is 6.71 Å². The highest BCUT2D eigenvalue weighted by atomic mass is 16.3. The summed E-state index contributed by atoms with van der Waals surface area (Å²) in [5, 5.41) is 2.08. The van der Waals surface area contributed by atoms with Crippen LogP contribution in [0.5, 0.6) is 0 Å². The topological polar surface area (TPSA) is 19.6 Å². The number of hydrogen-bond acceptors (Lipinski definition) is 3. The fourth-order valence-electron chi connectivity index (χ4n) is 20.1. The van der Waals surface area contributed by atoms with E-state index < -0.39 is 10.8 Å². The highest BCUT2D eigenvalue weighted by Crippen LogP contribution is 2.60. The second-order valence-corrected chi connectivity index (χ2v) is 30.8. The van der Waals surface area contributed by atoms with E-state index in [0.717, 1.165) is 128 Å². The van der Waals surface area contributed by atoms with E-state index in [1.165, 1.54) is 77.7 Å². The van der Waals surface area contributed by atoms with Crippen molar-refractivity contribution in [2.24, 2.45) is 0 Å². The zero-order valence-corrected chi connectivity index (χ0v) is 62.4. The number of para-hydroxylation sites is 1. The zero-order chi connectivity index (χ0) is 75.0. The maximum absolute atomic E-state index is 7.69. The third kappa shape index (κ3) is 9.77. The average molecular weight is 1450 g/mol. The smallest absolute Gasteiger partial charge is 0.252 e. The molecule has 0 saturated carbocycles. The van der Waals surface area contributed by atoms with Crippen molar-refractivity contribution in [3.05, 3.63) is 475 Å². The lowest BCUT2D eigenvalue weighted by Crippen LogP contribution is -2.61. The van der Waals surface area contributed by atoms with Gasteiger partial charge < -0.3 is 14.2 Å². The molecule has 19 aromatic rings. The molecule has 0 spiro atoms. The van der Waals surface area contributed by atoms with Crippen molar-refractivity contribution >= 4 is 79.2 Å². The lowest BCUT2D eigenvalue weighted by atomic mass is 9.33. The van der Waals surface area contributed by atoms with Crippen molar-refractivity contribution < 1.29 is 4.42 Å². The van der Waals surface area contributed by atoms with Gasteiger partial charge in [-0.25, -0.2) is 0 Å². The Morgan fingerprint density at radius 2 is 0.544 bits per heavy atom. The third-order valence-corrected chi connectivity index (χ3v) is 25.0. The Kier molecular flexibility index (Phi) is 14.9. The minimum Gasteiger partial charge on any atom is -0.454 e. The minimum atomic E-state index is -0.550. The van der Waals surface area contributed by atoms with E-state index in [2.05, 4.69) is 441 Å². The molecular formula is C110H71BN2O. The fourth-order valence-corrected chi connectivity index (χ4v) is 20.1. The number of rotatable bonds is 12. The minimum absolute atomic E-state index is 0.309. The molecule has 4 heteroatoms. The Balaban J connectivity index is 0.822. The summed E-state index contributed by atoms with van der Waals surface area (Å²) in [7, 11) is 0. The van der Waals surface area contributed by atoms with Crippen molar-refractivity contribution in [1.29, 1.82) is 0 Å². The summed E-state index contributed by atoms with van der Waals surface area (Å²) in [5.74, 6) is 0. The second kappa shape index (κ2) is 26.0. The maximum Gasteiger partial charge on any atom is 0.252 e. The Bertz CT molecular complexity index is 6940. The van der Waals surface area contributed by atoms with Gasteiger partial charge in [-0.2, -0.15) is 0 Å². The fraction of sp³-hybridized carbons (Fsp3) is 0.0182. The van der Waals surface area contributed by atoms with Gasteiger partial charge in [-0.05, 0) is 187 Å². The molecule has 4 aliphatic rings. The molecule has 2 aliphatic carbocycles. The van der Waals surface area contributed by atoms with Crippen LogP contribution in [-0.2, 0) is 10.8 Å². The molecule has 3 nitrogen and oxygen atoms in total. The molecule has 2 aliphatic heterocycles. The van der Waals surface area contributed by atoms with Crippen LogP contribution in [0.2, 0.25) is 0 Å². The van der Waals surface area contributed by atoms with Crippen LogP contribution in [0, 0.1) is 0 Å². The van der Waals surface area contributed by atoms with Crippen LogP contribution < -0.4 is 26.2 Å². The highest BCUT2D eigenvalue weighted by molar-refractivity contribution is 7.00. The monoisotopic (exact) mass is 1450 g/mol. The van der Waals surface area contributed by atoms with Crippen LogP contribution in [0.1, 0.15) is 44.5 Å². The summed E-state index contributed by atoms with van der Waals surface area (Å²) in [6, 6.07) is 161. The molecule has 3 heterocycles. The van der Waals surface area contributed by atoms with Crippen molar-refractivity contribution in [3.8, 4) is 89.0 Å². The summed E-state index contributed by atoms with van der Waals surface area (Å²) in [4.78, 5) is 5.27. The van der Waals surface area contributed by atoms with Crippen molar-refractivity contribution in [2.45, 2.75) is 10.8 Å². The molecule has 23 rings (SSSR count). The molecule has 0 unspecified atom stereocenters. The Morgan fingerprint density at radius 3 is 1.00 bits per heavy atom. The largest absolute Gasteiger partial charge is 0.454 e. The van der Waals surface area contributed by atoms with Gasteiger partial charge in [-0.3, -0.25) is 0 Å². The normalized spacial score (nSPS) is 13.5. The third-order valence-electron chi connectivity index (χ3n) is 25.0. The van der Waals surface area contributed by atoms with Crippen molar-refractivity contribution in [3.63, 3.8) is 0 Å². The molecule has 0 amide bonds. The zero-order valence-electron chi connectivity index (χ0n) is 62.4.